The molecule has 0 aromatic carbocycles. The van der Waals surface area contributed by atoms with Gasteiger partial charge in [-0.15, -0.1) is 5.10 Å². The van der Waals surface area contributed by atoms with Crippen molar-refractivity contribution in [3.63, 3.8) is 0 Å². The third-order valence-corrected chi connectivity index (χ3v) is 4.94. The summed E-state index contributed by atoms with van der Waals surface area (Å²) in [6.45, 7) is 7.46. The normalized spacial score (nSPS) is 18.3. The van der Waals surface area contributed by atoms with E-state index in [9.17, 15) is 4.79 Å². The van der Waals surface area contributed by atoms with E-state index in [1.165, 1.54) is 0 Å². The van der Waals surface area contributed by atoms with Crippen LogP contribution in [0, 0.1) is 19.8 Å². The minimum absolute atomic E-state index is 0.0590. The maximum atomic E-state index is 12.1. The van der Waals surface area contributed by atoms with Crippen LogP contribution in [0.1, 0.15) is 33.2 Å². The largest absolute Gasteiger partial charge is 0.351 e. The van der Waals surface area contributed by atoms with Gasteiger partial charge in [0.05, 0.1) is 11.4 Å². The van der Waals surface area contributed by atoms with E-state index in [2.05, 4.69) is 36.9 Å². The molecule has 0 aliphatic carbocycles. The average molecular weight is 331 g/mol. The molecule has 3 heterocycles. The molecule has 23 heavy (non-hydrogen) atoms. The van der Waals surface area contributed by atoms with Crippen LogP contribution in [0.5, 0.6) is 0 Å². The van der Waals surface area contributed by atoms with Crippen molar-refractivity contribution >= 4 is 17.4 Å². The number of nitrogens with zero attached hydrogens (tertiary/aromatic N) is 4. The minimum atomic E-state index is -0.0590. The van der Waals surface area contributed by atoms with Crippen LogP contribution in [0.4, 0.5) is 0 Å². The first-order valence-electron chi connectivity index (χ1n) is 7.84. The zero-order valence-corrected chi connectivity index (χ0v) is 14.3. The molecule has 1 N–H and O–H groups in total. The topological polar surface area (TPSA) is 71.0 Å². The lowest BCUT2D eigenvalue weighted by atomic mass is 10.1. The number of pyridine rings is 1. The molecule has 1 fully saturated rings. The molecule has 1 saturated heterocycles. The Hall–Kier alpha value is -1.86. The Morgan fingerprint density at radius 3 is 3.04 bits per heavy atom. The highest BCUT2D eigenvalue weighted by molar-refractivity contribution is 7.07. The molecule has 3 rings (SSSR count). The predicted octanol–water partition coefficient (Wildman–Crippen LogP) is 1.80. The van der Waals surface area contributed by atoms with Crippen molar-refractivity contribution in [1.82, 2.24) is 24.8 Å². The fraction of sp³-hybridized carbons (Fsp3) is 0.500. The summed E-state index contributed by atoms with van der Waals surface area (Å²) in [6, 6.07) is 6.14. The van der Waals surface area contributed by atoms with Crippen molar-refractivity contribution < 1.29 is 4.79 Å². The Morgan fingerprint density at radius 2 is 2.30 bits per heavy atom. The fourth-order valence-electron chi connectivity index (χ4n) is 2.90. The van der Waals surface area contributed by atoms with E-state index < -0.39 is 0 Å². The standard InChI is InChI=1S/C16H21N5OS/c1-11-4-3-5-14(18-11)10-21-7-6-13(9-21)8-17-16(22)15-12(2)19-20-23-15/h3-5,13H,6-10H2,1-2H3,(H,17,22). The Bertz CT molecular complexity index is 687. The summed E-state index contributed by atoms with van der Waals surface area (Å²) < 4.78 is 3.80. The van der Waals surface area contributed by atoms with Gasteiger partial charge in [-0.05, 0) is 56.4 Å². The van der Waals surface area contributed by atoms with Crippen LogP contribution in [-0.2, 0) is 6.54 Å². The van der Waals surface area contributed by atoms with E-state index >= 15 is 0 Å². The van der Waals surface area contributed by atoms with Gasteiger partial charge in [0, 0.05) is 25.3 Å². The van der Waals surface area contributed by atoms with Crippen LogP contribution in [-0.4, -0.2) is 45.0 Å². The zero-order chi connectivity index (χ0) is 16.2. The smallest absolute Gasteiger partial charge is 0.264 e. The molecule has 1 unspecified atom stereocenters. The van der Waals surface area contributed by atoms with E-state index in [1.807, 2.05) is 19.9 Å². The lowest BCUT2D eigenvalue weighted by molar-refractivity contribution is 0.0950. The van der Waals surface area contributed by atoms with Gasteiger partial charge in [0.1, 0.15) is 4.88 Å². The van der Waals surface area contributed by atoms with Gasteiger partial charge < -0.3 is 5.32 Å². The first-order valence-corrected chi connectivity index (χ1v) is 8.61. The van der Waals surface area contributed by atoms with Crippen LogP contribution in [0.3, 0.4) is 0 Å². The van der Waals surface area contributed by atoms with E-state index in [-0.39, 0.29) is 5.91 Å². The Kier molecular flexibility index (Phi) is 4.97. The van der Waals surface area contributed by atoms with Crippen LogP contribution in [0.15, 0.2) is 18.2 Å². The van der Waals surface area contributed by atoms with E-state index in [0.717, 1.165) is 49.0 Å². The van der Waals surface area contributed by atoms with Crippen molar-refractivity contribution in [3.8, 4) is 0 Å². The molecule has 0 bridgehead atoms. The van der Waals surface area contributed by atoms with Crippen LogP contribution >= 0.6 is 11.5 Å². The Morgan fingerprint density at radius 1 is 1.43 bits per heavy atom. The van der Waals surface area contributed by atoms with Gasteiger partial charge in [-0.25, -0.2) is 0 Å². The van der Waals surface area contributed by atoms with E-state index in [0.29, 0.717) is 23.0 Å². The Labute approximate surface area is 140 Å². The molecule has 2 aromatic heterocycles. The summed E-state index contributed by atoms with van der Waals surface area (Å²) in [5.74, 6) is 0.432. The third kappa shape index (κ3) is 4.11. The average Bonchev–Trinajstić information content (AvgIpc) is 3.14. The maximum Gasteiger partial charge on any atom is 0.264 e. The maximum absolute atomic E-state index is 12.1. The third-order valence-electron chi connectivity index (χ3n) is 4.11. The number of aryl methyl sites for hydroxylation is 2. The SMILES string of the molecule is Cc1cccc(CN2CCC(CNC(=O)c3snnc3C)C2)n1. The highest BCUT2D eigenvalue weighted by Gasteiger charge is 2.24. The molecule has 6 nitrogen and oxygen atoms in total. The highest BCUT2D eigenvalue weighted by atomic mass is 32.1. The van der Waals surface area contributed by atoms with Gasteiger partial charge in [-0.1, -0.05) is 10.6 Å². The lowest BCUT2D eigenvalue weighted by Gasteiger charge is -2.16. The van der Waals surface area contributed by atoms with Crippen LogP contribution in [0.2, 0.25) is 0 Å². The second kappa shape index (κ2) is 7.14. The van der Waals surface area contributed by atoms with Crippen molar-refractivity contribution in [1.29, 1.82) is 0 Å². The molecule has 1 amide bonds. The lowest BCUT2D eigenvalue weighted by Crippen LogP contribution is -2.31. The number of aromatic nitrogens is 3. The van der Waals surface area contributed by atoms with E-state index in [4.69, 9.17) is 0 Å². The number of hydrogen-bond acceptors (Lipinski definition) is 6. The van der Waals surface area contributed by atoms with E-state index in [1.54, 1.807) is 0 Å². The first kappa shape index (κ1) is 16.0. The number of carbonyl (C=O) groups is 1. The summed E-state index contributed by atoms with van der Waals surface area (Å²) >= 11 is 1.15. The summed E-state index contributed by atoms with van der Waals surface area (Å²) in [6.07, 6.45) is 1.10. The number of nitrogens with one attached hydrogen (secondary N) is 1. The number of likely N-dealkylation sites (tertiary alicyclic amines) is 1. The molecule has 1 aliphatic rings. The highest BCUT2D eigenvalue weighted by Crippen LogP contribution is 2.18. The fourth-order valence-corrected chi connectivity index (χ4v) is 3.47. The molecule has 122 valence electrons. The molecule has 1 aliphatic heterocycles. The molecular formula is C16H21N5OS. The molecule has 0 spiro atoms. The summed E-state index contributed by atoms with van der Waals surface area (Å²) in [5, 5.41) is 6.89. The van der Waals surface area contributed by atoms with Gasteiger partial charge in [-0.3, -0.25) is 14.7 Å². The van der Waals surface area contributed by atoms with Gasteiger partial charge in [-0.2, -0.15) is 0 Å². The van der Waals surface area contributed by atoms with Crippen molar-refractivity contribution in [3.05, 3.63) is 40.2 Å². The first-order chi connectivity index (χ1) is 11.1. The zero-order valence-electron chi connectivity index (χ0n) is 13.5. The van der Waals surface area contributed by atoms with Crippen LogP contribution < -0.4 is 5.32 Å². The second-order valence-electron chi connectivity index (χ2n) is 6.06. The van der Waals surface area contributed by atoms with Crippen molar-refractivity contribution in [2.45, 2.75) is 26.8 Å². The molecule has 0 saturated carbocycles. The number of rotatable bonds is 5. The quantitative estimate of drug-likeness (QED) is 0.904. The summed E-state index contributed by atoms with van der Waals surface area (Å²) in [5.41, 5.74) is 2.87. The van der Waals surface area contributed by atoms with Crippen LogP contribution in [0.25, 0.3) is 0 Å². The Balaban J connectivity index is 1.47. The second-order valence-corrected chi connectivity index (χ2v) is 6.81. The number of amides is 1. The molecule has 7 heteroatoms. The molecule has 2 aromatic rings. The summed E-state index contributed by atoms with van der Waals surface area (Å²) in [7, 11) is 0. The molecule has 1 atom stereocenters. The van der Waals surface area contributed by atoms with Gasteiger partial charge in [0.2, 0.25) is 0 Å². The molecule has 0 radical (unpaired) electrons. The number of carbonyl (C=O) groups excluding carboxylic acids is 1. The predicted molar refractivity (Wildman–Crippen MR) is 89.3 cm³/mol. The minimum Gasteiger partial charge on any atom is -0.351 e. The molecular weight excluding hydrogens is 310 g/mol. The van der Waals surface area contributed by atoms with Crippen molar-refractivity contribution in [2.24, 2.45) is 5.92 Å². The number of hydrogen-bond donors (Lipinski definition) is 1. The monoisotopic (exact) mass is 331 g/mol. The van der Waals surface area contributed by atoms with Crippen molar-refractivity contribution in [2.75, 3.05) is 19.6 Å². The van der Waals surface area contributed by atoms with Gasteiger partial charge in [0.25, 0.3) is 5.91 Å². The van der Waals surface area contributed by atoms with Gasteiger partial charge >= 0.3 is 0 Å². The van der Waals surface area contributed by atoms with Gasteiger partial charge in [0.15, 0.2) is 0 Å². The summed E-state index contributed by atoms with van der Waals surface area (Å²) in [4.78, 5) is 19.7.